The predicted molar refractivity (Wildman–Crippen MR) is 132 cm³/mol. The van der Waals surface area contributed by atoms with Crippen LogP contribution in [0.2, 0.25) is 0 Å². The van der Waals surface area contributed by atoms with Gasteiger partial charge in [-0.25, -0.2) is 8.42 Å². The van der Waals surface area contributed by atoms with E-state index < -0.39 is 22.0 Å². The molecule has 1 aliphatic rings. The average molecular weight is 497 g/mol. The minimum atomic E-state index is -3.95. The molecule has 1 N–H and O–H groups in total. The molecule has 0 saturated carbocycles. The van der Waals surface area contributed by atoms with Crippen molar-refractivity contribution in [3.05, 3.63) is 83.9 Å². The number of carbonyl (C=O) groups excluding carboxylic acids is 1. The van der Waals surface area contributed by atoms with E-state index in [2.05, 4.69) is 5.32 Å². The Labute approximate surface area is 205 Å². The molecule has 35 heavy (non-hydrogen) atoms. The normalized spacial score (nSPS) is 15.1. The van der Waals surface area contributed by atoms with E-state index in [-0.39, 0.29) is 18.0 Å². The molecule has 0 radical (unpaired) electrons. The van der Waals surface area contributed by atoms with Crippen LogP contribution >= 0.6 is 0 Å². The maximum absolute atomic E-state index is 13.5. The summed E-state index contributed by atoms with van der Waals surface area (Å²) in [7, 11) is -2.43. The summed E-state index contributed by atoms with van der Waals surface area (Å²) < 4.78 is 44.9. The van der Waals surface area contributed by atoms with Crippen LogP contribution in [-0.2, 0) is 26.2 Å². The molecule has 0 bridgehead atoms. The molecule has 0 aliphatic carbocycles. The van der Waals surface area contributed by atoms with Gasteiger partial charge in [-0.05, 0) is 54.4 Å². The Bertz CT molecular complexity index is 1260. The first-order chi connectivity index (χ1) is 16.9. The lowest BCUT2D eigenvalue weighted by atomic mass is 10.1. The first-order valence-corrected chi connectivity index (χ1v) is 12.7. The van der Waals surface area contributed by atoms with Crippen LogP contribution in [0.25, 0.3) is 0 Å². The number of aryl methyl sites for hydroxylation is 1. The third-order valence-electron chi connectivity index (χ3n) is 5.58. The van der Waals surface area contributed by atoms with E-state index in [1.54, 1.807) is 24.3 Å². The Morgan fingerprint density at radius 2 is 1.83 bits per heavy atom. The van der Waals surface area contributed by atoms with Gasteiger partial charge in [0.25, 0.3) is 15.9 Å². The van der Waals surface area contributed by atoms with Gasteiger partial charge in [0, 0.05) is 6.54 Å². The highest BCUT2D eigenvalue weighted by molar-refractivity contribution is 7.92. The van der Waals surface area contributed by atoms with Crippen molar-refractivity contribution < 1.29 is 27.4 Å². The van der Waals surface area contributed by atoms with Crippen LogP contribution in [0.4, 0.5) is 5.69 Å². The highest BCUT2D eigenvalue weighted by atomic mass is 32.2. The zero-order valence-electron chi connectivity index (χ0n) is 19.6. The number of benzene rings is 3. The smallest absolute Gasteiger partial charge is 0.264 e. The second kappa shape index (κ2) is 10.8. The molecule has 0 fully saturated rings. The van der Waals surface area contributed by atoms with Gasteiger partial charge in [-0.2, -0.15) is 0 Å². The largest absolute Gasteiger partial charge is 0.497 e. The lowest BCUT2D eigenvalue weighted by Crippen LogP contribution is -2.51. The molecular weight excluding hydrogens is 468 g/mol. The van der Waals surface area contributed by atoms with Crippen molar-refractivity contribution in [3.8, 4) is 11.5 Å². The Balaban J connectivity index is 1.46. The number of anilines is 1. The molecule has 184 valence electrons. The third kappa shape index (κ3) is 5.75. The van der Waals surface area contributed by atoms with Gasteiger partial charge in [0.05, 0.1) is 37.5 Å². The fourth-order valence-electron chi connectivity index (χ4n) is 3.72. The Hall–Kier alpha value is -3.56. The topological polar surface area (TPSA) is 94.2 Å². The molecule has 9 heteroatoms. The first-order valence-electron chi connectivity index (χ1n) is 11.2. The molecule has 1 amide bonds. The van der Waals surface area contributed by atoms with Gasteiger partial charge < -0.3 is 19.5 Å². The zero-order chi connectivity index (χ0) is 24.8. The van der Waals surface area contributed by atoms with Crippen LogP contribution in [0.3, 0.4) is 0 Å². The number of ether oxygens (including phenoxy) is 3. The Morgan fingerprint density at radius 1 is 1.09 bits per heavy atom. The Morgan fingerprint density at radius 3 is 2.54 bits per heavy atom. The number of carbonyl (C=O) groups is 1. The van der Waals surface area contributed by atoms with Crippen molar-refractivity contribution >= 4 is 21.6 Å². The van der Waals surface area contributed by atoms with E-state index in [0.29, 0.717) is 30.4 Å². The van der Waals surface area contributed by atoms with Crippen LogP contribution in [0.1, 0.15) is 11.1 Å². The van der Waals surface area contributed by atoms with Crippen molar-refractivity contribution in [2.75, 3.05) is 31.1 Å². The van der Waals surface area contributed by atoms with E-state index in [1.165, 1.54) is 23.5 Å². The second-order valence-electron chi connectivity index (χ2n) is 8.12. The Kier molecular flexibility index (Phi) is 7.57. The number of nitrogens with one attached hydrogen (secondary N) is 1. The summed E-state index contributed by atoms with van der Waals surface area (Å²) in [5.74, 6) is 0.484. The summed E-state index contributed by atoms with van der Waals surface area (Å²) in [4.78, 5) is 13.0. The summed E-state index contributed by atoms with van der Waals surface area (Å²) in [5.41, 5.74) is 2.32. The number of amides is 1. The van der Waals surface area contributed by atoms with Crippen LogP contribution in [-0.4, -0.2) is 47.2 Å². The van der Waals surface area contributed by atoms with Gasteiger partial charge in [-0.3, -0.25) is 9.10 Å². The minimum Gasteiger partial charge on any atom is -0.497 e. The summed E-state index contributed by atoms with van der Waals surface area (Å²) in [6, 6.07) is 21.1. The van der Waals surface area contributed by atoms with E-state index in [4.69, 9.17) is 14.2 Å². The van der Waals surface area contributed by atoms with Crippen molar-refractivity contribution in [2.24, 2.45) is 0 Å². The molecule has 1 unspecified atom stereocenters. The van der Waals surface area contributed by atoms with Gasteiger partial charge in [-0.1, -0.05) is 36.4 Å². The maximum Gasteiger partial charge on any atom is 0.264 e. The van der Waals surface area contributed by atoms with Gasteiger partial charge in [0.2, 0.25) is 0 Å². The molecule has 1 atom stereocenters. The molecule has 4 rings (SSSR count). The summed E-state index contributed by atoms with van der Waals surface area (Å²) in [5, 5.41) is 2.78. The van der Waals surface area contributed by atoms with Gasteiger partial charge in [0.1, 0.15) is 11.5 Å². The molecule has 0 spiro atoms. The monoisotopic (exact) mass is 496 g/mol. The van der Waals surface area contributed by atoms with Gasteiger partial charge in [0.15, 0.2) is 6.10 Å². The minimum absolute atomic E-state index is 0.0974. The van der Waals surface area contributed by atoms with Gasteiger partial charge in [-0.15, -0.1) is 0 Å². The van der Waals surface area contributed by atoms with Crippen LogP contribution in [0.5, 0.6) is 11.5 Å². The molecule has 8 nitrogen and oxygen atoms in total. The lowest BCUT2D eigenvalue weighted by molar-refractivity contribution is -0.128. The summed E-state index contributed by atoms with van der Waals surface area (Å²) in [6.45, 7) is 2.76. The number of methoxy groups -OCH3 is 1. The first kappa shape index (κ1) is 24.6. The van der Waals surface area contributed by atoms with Crippen molar-refractivity contribution in [2.45, 2.75) is 24.5 Å². The van der Waals surface area contributed by atoms with Crippen molar-refractivity contribution in [1.82, 2.24) is 5.32 Å². The molecule has 3 aromatic carbocycles. The predicted octanol–water partition coefficient (Wildman–Crippen LogP) is 3.29. The van der Waals surface area contributed by atoms with Crippen LogP contribution in [0, 0.1) is 6.92 Å². The average Bonchev–Trinajstić information content (AvgIpc) is 2.88. The maximum atomic E-state index is 13.5. The summed E-state index contributed by atoms with van der Waals surface area (Å²) in [6.07, 6.45) is -1.01. The van der Waals surface area contributed by atoms with E-state index in [9.17, 15) is 13.2 Å². The number of hydrogen-bond acceptors (Lipinski definition) is 6. The molecule has 0 saturated heterocycles. The van der Waals surface area contributed by atoms with Crippen molar-refractivity contribution in [1.29, 1.82) is 0 Å². The van der Waals surface area contributed by atoms with E-state index >= 15 is 0 Å². The molecular formula is C26H28N2O6S. The lowest BCUT2D eigenvalue weighted by Gasteiger charge is -2.35. The fourth-order valence-corrected chi connectivity index (χ4v) is 5.20. The van der Waals surface area contributed by atoms with Crippen LogP contribution in [0.15, 0.2) is 77.7 Å². The highest BCUT2D eigenvalue weighted by Gasteiger charge is 2.37. The van der Waals surface area contributed by atoms with Crippen molar-refractivity contribution in [3.63, 3.8) is 0 Å². The van der Waals surface area contributed by atoms with Crippen LogP contribution < -0.4 is 19.1 Å². The summed E-state index contributed by atoms with van der Waals surface area (Å²) >= 11 is 0. The number of rotatable bonds is 9. The zero-order valence-corrected chi connectivity index (χ0v) is 20.5. The number of nitrogens with zero attached hydrogens (tertiary/aromatic N) is 1. The number of fused-ring (bicyclic) bond motifs is 1. The van der Waals surface area contributed by atoms with Gasteiger partial charge >= 0.3 is 0 Å². The number of sulfonamides is 1. The SMILES string of the molecule is COc1ccc(S(=O)(=O)N2CC(C(=O)NCCOCc3ccccc3)Oc3cc(C)ccc32)cc1. The molecule has 3 aromatic rings. The second-order valence-corrected chi connectivity index (χ2v) is 9.98. The molecule has 1 aliphatic heterocycles. The fraction of sp³-hybridized carbons (Fsp3) is 0.269. The molecule has 1 heterocycles. The highest BCUT2D eigenvalue weighted by Crippen LogP contribution is 2.38. The van der Waals surface area contributed by atoms with E-state index in [1.807, 2.05) is 43.3 Å². The number of hydrogen-bond donors (Lipinski definition) is 1. The standard InChI is InChI=1S/C26H28N2O6S/c1-19-8-13-23-24(16-19)34-25(26(29)27-14-15-33-18-20-6-4-3-5-7-20)17-28(23)35(30,31)22-11-9-21(32-2)10-12-22/h3-13,16,25H,14-15,17-18H2,1-2H3,(H,27,29). The third-order valence-corrected chi connectivity index (χ3v) is 7.38. The quantitative estimate of drug-likeness (QED) is 0.457. The van der Waals surface area contributed by atoms with E-state index in [0.717, 1.165) is 11.1 Å². The molecule has 0 aromatic heterocycles.